The topological polar surface area (TPSA) is 101 Å². The molecular weight excluding hydrogens is 478 g/mol. The van der Waals surface area contributed by atoms with Gasteiger partial charge in [0, 0.05) is 16.7 Å². The largest absolute Gasteiger partial charge is 0.465 e. The first-order chi connectivity index (χ1) is 16.3. The second kappa shape index (κ2) is 8.77. The molecule has 0 amide bonds. The van der Waals surface area contributed by atoms with Crippen molar-refractivity contribution in [1.82, 2.24) is 0 Å². The number of aliphatic hydroxyl groups is 2. The molecule has 0 aliphatic heterocycles. The number of carbonyl (C=O) groups excluding carboxylic acids is 3. The maximum Gasteiger partial charge on any atom is 0.315 e. The summed E-state index contributed by atoms with van der Waals surface area (Å²) in [6, 6.07) is 0. The Morgan fingerprint density at radius 1 is 1.23 bits per heavy atom. The molecule has 0 saturated heterocycles. The lowest BCUT2D eigenvalue weighted by molar-refractivity contribution is -0.222. The molecule has 1 unspecified atom stereocenters. The zero-order chi connectivity index (χ0) is 26.0. The summed E-state index contributed by atoms with van der Waals surface area (Å²) >= 11 is 1.04. The zero-order valence-electron chi connectivity index (χ0n) is 20.6. The fourth-order valence-electron chi connectivity index (χ4n) is 7.67. The summed E-state index contributed by atoms with van der Waals surface area (Å²) in [6.07, 6.45) is 0.471. The minimum atomic E-state index is -2.25. The van der Waals surface area contributed by atoms with Gasteiger partial charge in [0.15, 0.2) is 17.2 Å². The smallest absolute Gasteiger partial charge is 0.315 e. The van der Waals surface area contributed by atoms with E-state index in [-0.39, 0.29) is 36.5 Å². The van der Waals surface area contributed by atoms with Crippen LogP contribution in [-0.2, 0) is 19.1 Å². The first-order valence-corrected chi connectivity index (χ1v) is 13.4. The molecule has 0 aromatic rings. The molecule has 4 rings (SSSR count). The van der Waals surface area contributed by atoms with Gasteiger partial charge in [-0.25, -0.2) is 8.78 Å². The van der Waals surface area contributed by atoms with E-state index in [0.717, 1.165) is 17.8 Å². The third-order valence-electron chi connectivity index (χ3n) is 9.39. The van der Waals surface area contributed by atoms with Gasteiger partial charge in [-0.05, 0) is 62.7 Å². The number of ketones is 2. The van der Waals surface area contributed by atoms with Crippen LogP contribution >= 0.6 is 11.8 Å². The SMILES string of the molecule is CCOC(=O)CSCC(=O)[C@@]1(O)[C@H](C)C[C@H]2[C@@H]3CC(F)C4=CC(=O)C=C[C@]4(C)[C@@]3(F)[C@@H](O)C[C@@]21C. The van der Waals surface area contributed by atoms with Gasteiger partial charge in [-0.3, -0.25) is 14.4 Å². The number of hydrogen-bond donors (Lipinski definition) is 2. The molecule has 0 aromatic heterocycles. The maximum absolute atomic E-state index is 17.1. The number of rotatable bonds is 6. The molecule has 0 aromatic carbocycles. The molecule has 0 bridgehead atoms. The Bertz CT molecular complexity index is 998. The van der Waals surface area contributed by atoms with Crippen molar-refractivity contribution in [2.45, 2.75) is 70.5 Å². The Kier molecular flexibility index (Phi) is 6.63. The summed E-state index contributed by atoms with van der Waals surface area (Å²) < 4.78 is 37.5. The summed E-state index contributed by atoms with van der Waals surface area (Å²) in [5, 5.41) is 23.2. The van der Waals surface area contributed by atoms with E-state index < -0.39 is 69.7 Å². The van der Waals surface area contributed by atoms with Gasteiger partial charge in [-0.15, -0.1) is 11.8 Å². The fraction of sp³-hybridized carbons (Fsp3) is 0.731. The predicted octanol–water partition coefficient (Wildman–Crippen LogP) is 3.15. The third kappa shape index (κ3) is 3.51. The Morgan fingerprint density at radius 2 is 1.91 bits per heavy atom. The van der Waals surface area contributed by atoms with Gasteiger partial charge in [-0.1, -0.05) is 19.9 Å². The van der Waals surface area contributed by atoms with Gasteiger partial charge in [-0.2, -0.15) is 0 Å². The number of alkyl halides is 2. The van der Waals surface area contributed by atoms with E-state index >= 15 is 8.78 Å². The maximum atomic E-state index is 17.1. The van der Waals surface area contributed by atoms with Crippen molar-refractivity contribution in [3.63, 3.8) is 0 Å². The normalized spacial score (nSPS) is 46.3. The molecule has 9 atom stereocenters. The Balaban J connectivity index is 1.67. The summed E-state index contributed by atoms with van der Waals surface area (Å²) in [6.45, 7) is 6.86. The highest BCUT2D eigenvalue weighted by Gasteiger charge is 2.76. The van der Waals surface area contributed by atoms with Gasteiger partial charge in [0.2, 0.25) is 0 Å². The number of aliphatic hydroxyl groups excluding tert-OH is 1. The fourth-order valence-corrected chi connectivity index (χ4v) is 8.43. The van der Waals surface area contributed by atoms with Crippen LogP contribution in [0.15, 0.2) is 23.8 Å². The van der Waals surface area contributed by atoms with Crippen LogP contribution in [-0.4, -0.2) is 69.4 Å². The monoisotopic (exact) mass is 512 g/mol. The zero-order valence-corrected chi connectivity index (χ0v) is 21.4. The molecule has 3 saturated carbocycles. The number of hydrogen-bond acceptors (Lipinski definition) is 7. The van der Waals surface area contributed by atoms with E-state index in [4.69, 9.17) is 4.74 Å². The van der Waals surface area contributed by atoms with Gasteiger partial charge >= 0.3 is 5.97 Å². The van der Waals surface area contributed by atoms with Crippen molar-refractivity contribution < 1.29 is 38.1 Å². The van der Waals surface area contributed by atoms with Crippen LogP contribution in [0.3, 0.4) is 0 Å². The van der Waals surface area contributed by atoms with Gasteiger partial charge in [0.1, 0.15) is 11.8 Å². The average Bonchev–Trinajstić information content (AvgIpc) is 2.99. The van der Waals surface area contributed by atoms with Gasteiger partial charge in [0.05, 0.1) is 24.2 Å². The summed E-state index contributed by atoms with van der Waals surface area (Å²) in [5.41, 5.74) is -6.76. The van der Waals surface area contributed by atoms with Crippen LogP contribution in [0.2, 0.25) is 0 Å². The molecule has 9 heteroatoms. The second-order valence-corrected chi connectivity index (χ2v) is 12.0. The number of fused-ring (bicyclic) bond motifs is 5. The van der Waals surface area contributed by atoms with Crippen molar-refractivity contribution >= 4 is 29.3 Å². The van der Waals surface area contributed by atoms with Crippen LogP contribution in [0.5, 0.6) is 0 Å². The first-order valence-electron chi connectivity index (χ1n) is 12.2. The lowest BCUT2D eigenvalue weighted by Gasteiger charge is -2.63. The standard InChI is InChI=1S/C26H34F2O6S/c1-5-34-22(32)13-35-12-21(31)26(33)14(2)8-16-17-10-19(27)18-9-15(29)6-7-23(18,3)25(17,28)20(30)11-24(16,26)4/h6-7,9,14,16-17,19-20,30,33H,5,8,10-13H2,1-4H3/t14-,16+,17+,19?,20+,23+,24+,25+,26+/m1/s1. The molecule has 4 aliphatic rings. The number of carbonyl (C=O) groups is 3. The molecule has 6 nitrogen and oxygen atoms in total. The van der Waals surface area contributed by atoms with Gasteiger partial charge < -0.3 is 14.9 Å². The molecule has 0 radical (unpaired) electrons. The second-order valence-electron chi connectivity index (χ2n) is 11.0. The average molecular weight is 513 g/mol. The Morgan fingerprint density at radius 3 is 2.57 bits per heavy atom. The van der Waals surface area contributed by atoms with Crippen LogP contribution < -0.4 is 0 Å². The van der Waals surface area contributed by atoms with Crippen molar-refractivity contribution in [2.75, 3.05) is 18.1 Å². The number of ether oxygens (including phenoxy) is 1. The number of allylic oxidation sites excluding steroid dienone is 4. The van der Waals surface area contributed by atoms with Gasteiger partial charge in [0.25, 0.3) is 0 Å². The Hall–Kier alpha value is -1.58. The highest BCUT2D eigenvalue weighted by atomic mass is 32.2. The van der Waals surface area contributed by atoms with Crippen LogP contribution in [0.4, 0.5) is 8.78 Å². The molecule has 0 heterocycles. The number of esters is 1. The summed E-state index contributed by atoms with van der Waals surface area (Å²) in [7, 11) is 0. The van der Waals surface area contributed by atoms with E-state index in [1.165, 1.54) is 19.1 Å². The molecule has 3 fully saturated rings. The van der Waals surface area contributed by atoms with Crippen molar-refractivity contribution in [1.29, 1.82) is 0 Å². The quantitative estimate of drug-likeness (QED) is 0.528. The minimum Gasteiger partial charge on any atom is -0.465 e. The van der Waals surface area contributed by atoms with Crippen molar-refractivity contribution in [3.05, 3.63) is 23.8 Å². The highest BCUT2D eigenvalue weighted by Crippen LogP contribution is 2.71. The molecule has 2 N–H and O–H groups in total. The van der Waals surface area contributed by atoms with E-state index in [1.807, 2.05) is 0 Å². The van der Waals surface area contributed by atoms with E-state index in [9.17, 15) is 24.6 Å². The third-order valence-corrected chi connectivity index (χ3v) is 10.3. The summed E-state index contributed by atoms with van der Waals surface area (Å²) in [4.78, 5) is 37.0. The molecule has 4 aliphatic carbocycles. The number of halogens is 2. The highest BCUT2D eigenvalue weighted by molar-refractivity contribution is 8.00. The Labute approximate surface area is 208 Å². The molecule has 0 spiro atoms. The van der Waals surface area contributed by atoms with Crippen LogP contribution in [0.1, 0.15) is 47.0 Å². The van der Waals surface area contributed by atoms with E-state index in [2.05, 4.69) is 0 Å². The number of thioether (sulfide) groups is 1. The van der Waals surface area contributed by atoms with Crippen molar-refractivity contribution in [2.24, 2.45) is 28.6 Å². The van der Waals surface area contributed by atoms with Crippen LogP contribution in [0.25, 0.3) is 0 Å². The first kappa shape index (κ1) is 26.5. The minimum absolute atomic E-state index is 0.0366. The van der Waals surface area contributed by atoms with E-state index in [1.54, 1.807) is 20.8 Å². The molecule has 194 valence electrons. The number of Topliss-reactive ketones (excluding diaryl/α,β-unsaturated/α-hetero) is 1. The lowest BCUT2D eigenvalue weighted by atomic mass is 9.44. The summed E-state index contributed by atoms with van der Waals surface area (Å²) in [5.74, 6) is -3.58. The molecule has 35 heavy (non-hydrogen) atoms. The van der Waals surface area contributed by atoms with Crippen molar-refractivity contribution in [3.8, 4) is 0 Å². The predicted molar refractivity (Wildman–Crippen MR) is 127 cm³/mol. The lowest BCUT2D eigenvalue weighted by Crippen LogP contribution is -2.70. The molecular formula is C26H34F2O6S. The van der Waals surface area contributed by atoms with Crippen LogP contribution in [0, 0.1) is 28.6 Å². The van der Waals surface area contributed by atoms with E-state index in [0.29, 0.717) is 6.42 Å².